The summed E-state index contributed by atoms with van der Waals surface area (Å²) in [5, 5.41) is 7.85. The minimum Gasteiger partial charge on any atom is -0.439 e. The van der Waals surface area contributed by atoms with Crippen molar-refractivity contribution in [3.63, 3.8) is 0 Å². The number of rotatable bonds is 6. The highest BCUT2D eigenvalue weighted by Gasteiger charge is 2.30. The zero-order chi connectivity index (χ0) is 25.9. The van der Waals surface area contributed by atoms with E-state index in [1.807, 2.05) is 6.08 Å². The van der Waals surface area contributed by atoms with Crippen molar-refractivity contribution in [1.29, 1.82) is 0 Å². The molecule has 2 aromatic rings. The number of allylic oxidation sites excluding steroid dienone is 1. The van der Waals surface area contributed by atoms with Gasteiger partial charge in [-0.15, -0.1) is 0 Å². The quantitative estimate of drug-likeness (QED) is 0.457. The Morgan fingerprint density at radius 2 is 1.81 bits per heavy atom. The molecule has 10 heteroatoms. The maximum Gasteiger partial charge on any atom is 0.323 e. The molecule has 2 aliphatic rings. The molecule has 0 bridgehead atoms. The third kappa shape index (κ3) is 6.74. The predicted molar refractivity (Wildman–Crippen MR) is 131 cm³/mol. The van der Waals surface area contributed by atoms with Crippen LogP contribution in [-0.4, -0.2) is 17.8 Å². The number of hydrogen-bond donors (Lipinski definition) is 3. The molecule has 0 unspecified atom stereocenters. The summed E-state index contributed by atoms with van der Waals surface area (Å²) in [5.41, 5.74) is 1.13. The number of aryl methyl sites for hydroxylation is 1. The van der Waals surface area contributed by atoms with Crippen molar-refractivity contribution in [2.45, 2.75) is 39.0 Å². The largest absolute Gasteiger partial charge is 0.439 e. The SMILES string of the molecule is Cc1cc(NC(=O)Nc2cc(F)cc(C(C)(F)F)c2)ccc1OC1=NC=CCC(NC(=O)C2CC2)=C1. The van der Waals surface area contributed by atoms with Crippen molar-refractivity contribution in [2.24, 2.45) is 10.9 Å². The fourth-order valence-electron chi connectivity index (χ4n) is 3.46. The summed E-state index contributed by atoms with van der Waals surface area (Å²) < 4.78 is 46.7. The fourth-order valence-corrected chi connectivity index (χ4v) is 3.46. The Labute approximate surface area is 206 Å². The number of nitrogens with one attached hydrogen (secondary N) is 3. The lowest BCUT2D eigenvalue weighted by Crippen LogP contribution is -2.25. The molecule has 7 nitrogen and oxygen atoms in total. The van der Waals surface area contributed by atoms with E-state index in [0.29, 0.717) is 41.9 Å². The number of hydrogen-bond acceptors (Lipinski definition) is 4. The number of urea groups is 1. The van der Waals surface area contributed by atoms with Gasteiger partial charge in [-0.25, -0.2) is 23.0 Å². The van der Waals surface area contributed by atoms with Crippen LogP contribution in [0.2, 0.25) is 0 Å². The van der Waals surface area contributed by atoms with Crippen molar-refractivity contribution >= 4 is 29.2 Å². The molecule has 1 aliphatic heterocycles. The molecule has 2 aromatic carbocycles. The summed E-state index contributed by atoms with van der Waals surface area (Å²) in [6.45, 7) is 2.42. The summed E-state index contributed by atoms with van der Waals surface area (Å²) in [5.74, 6) is -3.28. The van der Waals surface area contributed by atoms with E-state index >= 15 is 0 Å². The van der Waals surface area contributed by atoms with E-state index in [-0.39, 0.29) is 17.5 Å². The Bertz CT molecular complexity index is 1280. The first-order chi connectivity index (χ1) is 17.1. The number of benzene rings is 2. The van der Waals surface area contributed by atoms with Crippen LogP contribution in [-0.2, 0) is 10.7 Å². The highest BCUT2D eigenvalue weighted by Crippen LogP contribution is 2.31. The van der Waals surface area contributed by atoms with Gasteiger partial charge < -0.3 is 20.7 Å². The molecule has 0 spiro atoms. The van der Waals surface area contributed by atoms with Crippen LogP contribution in [0.15, 0.2) is 65.4 Å². The fraction of sp³-hybridized carbons (Fsp3) is 0.269. The standard InChI is InChI=1S/C26H25F3N4O3/c1-15-10-20(32-25(35)33-21-12-17(26(2,28)29)11-18(27)13-21)7-8-22(15)36-23-14-19(4-3-9-30-23)31-24(34)16-5-6-16/h3,7-14,16H,4-6H2,1-2H3,(H,31,34)(H2,32,33,35). The average molecular weight is 499 g/mol. The first-order valence-corrected chi connectivity index (χ1v) is 11.4. The molecule has 0 saturated heterocycles. The summed E-state index contributed by atoms with van der Waals surface area (Å²) in [4.78, 5) is 28.7. The van der Waals surface area contributed by atoms with E-state index in [1.54, 1.807) is 37.4 Å². The highest BCUT2D eigenvalue weighted by molar-refractivity contribution is 6.00. The summed E-state index contributed by atoms with van der Waals surface area (Å²) in [7, 11) is 0. The number of carbonyl (C=O) groups is 2. The topological polar surface area (TPSA) is 91.8 Å². The Balaban J connectivity index is 1.40. The third-order valence-corrected chi connectivity index (χ3v) is 5.48. The van der Waals surface area contributed by atoms with Gasteiger partial charge in [-0.3, -0.25) is 4.79 Å². The van der Waals surface area contributed by atoms with E-state index < -0.39 is 23.3 Å². The van der Waals surface area contributed by atoms with E-state index in [1.165, 1.54) is 0 Å². The monoisotopic (exact) mass is 498 g/mol. The van der Waals surface area contributed by atoms with Gasteiger partial charge in [0.15, 0.2) is 0 Å². The molecular weight excluding hydrogens is 473 g/mol. The molecule has 0 aromatic heterocycles. The molecule has 1 fully saturated rings. The second-order valence-electron chi connectivity index (χ2n) is 8.77. The van der Waals surface area contributed by atoms with Gasteiger partial charge in [0.25, 0.3) is 5.92 Å². The summed E-state index contributed by atoms with van der Waals surface area (Å²) in [6, 6.07) is 6.84. The normalized spacial score (nSPS) is 15.4. The van der Waals surface area contributed by atoms with Crippen LogP contribution >= 0.6 is 0 Å². The van der Waals surface area contributed by atoms with Gasteiger partial charge in [0, 0.05) is 54.2 Å². The molecule has 188 valence electrons. The zero-order valence-electron chi connectivity index (χ0n) is 19.7. The average Bonchev–Trinajstić information content (AvgIpc) is 3.63. The van der Waals surface area contributed by atoms with Gasteiger partial charge in [-0.2, -0.15) is 0 Å². The molecule has 3 N–H and O–H groups in total. The molecule has 1 saturated carbocycles. The number of amides is 3. The van der Waals surface area contributed by atoms with E-state index in [2.05, 4.69) is 20.9 Å². The van der Waals surface area contributed by atoms with Gasteiger partial charge in [0.05, 0.1) is 0 Å². The number of ether oxygens (including phenoxy) is 1. The summed E-state index contributed by atoms with van der Waals surface area (Å²) >= 11 is 0. The Morgan fingerprint density at radius 1 is 1.06 bits per heavy atom. The van der Waals surface area contributed by atoms with Gasteiger partial charge in [-0.1, -0.05) is 6.08 Å². The van der Waals surface area contributed by atoms with Crippen molar-refractivity contribution in [3.8, 4) is 5.75 Å². The Morgan fingerprint density at radius 3 is 2.50 bits per heavy atom. The lowest BCUT2D eigenvalue weighted by molar-refractivity contribution is -0.121. The number of alkyl halides is 2. The number of aliphatic imine (C=N–C) groups is 1. The van der Waals surface area contributed by atoms with E-state index in [4.69, 9.17) is 4.74 Å². The lowest BCUT2D eigenvalue weighted by Gasteiger charge is -2.14. The lowest BCUT2D eigenvalue weighted by atomic mass is 10.1. The highest BCUT2D eigenvalue weighted by atomic mass is 19.3. The minimum absolute atomic E-state index is 0.00124. The van der Waals surface area contributed by atoms with Gasteiger partial charge in [0.2, 0.25) is 11.8 Å². The van der Waals surface area contributed by atoms with E-state index in [0.717, 1.165) is 31.0 Å². The Kier molecular flexibility index (Phi) is 7.14. The van der Waals surface area contributed by atoms with Gasteiger partial charge in [-0.05, 0) is 61.7 Å². The van der Waals surface area contributed by atoms with Crippen LogP contribution < -0.4 is 20.7 Å². The van der Waals surface area contributed by atoms with Gasteiger partial charge in [0.1, 0.15) is 11.6 Å². The number of halogens is 3. The van der Waals surface area contributed by atoms with Crippen LogP contribution in [0.4, 0.5) is 29.3 Å². The van der Waals surface area contributed by atoms with Crippen molar-refractivity contribution < 1.29 is 27.5 Å². The second-order valence-corrected chi connectivity index (χ2v) is 8.77. The van der Waals surface area contributed by atoms with Crippen molar-refractivity contribution in [2.75, 3.05) is 10.6 Å². The molecule has 0 atom stereocenters. The number of anilines is 2. The minimum atomic E-state index is -3.25. The van der Waals surface area contributed by atoms with Crippen LogP contribution in [0.1, 0.15) is 37.3 Å². The third-order valence-electron chi connectivity index (χ3n) is 5.48. The number of carbonyl (C=O) groups excluding carboxylic acids is 2. The summed E-state index contributed by atoms with van der Waals surface area (Å²) in [6.07, 6.45) is 7.42. The molecule has 36 heavy (non-hydrogen) atoms. The maximum atomic E-state index is 13.7. The van der Waals surface area contributed by atoms with Gasteiger partial charge >= 0.3 is 6.03 Å². The molecule has 3 amide bonds. The first-order valence-electron chi connectivity index (χ1n) is 11.4. The number of nitrogens with zero attached hydrogens (tertiary/aromatic N) is 1. The Hall–Kier alpha value is -4.08. The smallest absolute Gasteiger partial charge is 0.323 e. The zero-order valence-corrected chi connectivity index (χ0v) is 19.7. The van der Waals surface area contributed by atoms with Crippen LogP contribution in [0, 0.1) is 18.7 Å². The predicted octanol–water partition coefficient (Wildman–Crippen LogP) is 5.99. The molecule has 1 aliphatic carbocycles. The first kappa shape index (κ1) is 25.0. The van der Waals surface area contributed by atoms with Crippen LogP contribution in [0.5, 0.6) is 5.75 Å². The molecule has 0 radical (unpaired) electrons. The second kappa shape index (κ2) is 10.3. The van der Waals surface area contributed by atoms with Crippen LogP contribution in [0.25, 0.3) is 0 Å². The molecular formula is C26H25F3N4O3. The molecule has 1 heterocycles. The molecule has 4 rings (SSSR count). The van der Waals surface area contributed by atoms with Crippen molar-refractivity contribution in [1.82, 2.24) is 5.32 Å². The maximum absolute atomic E-state index is 13.7. The van der Waals surface area contributed by atoms with Crippen molar-refractivity contribution in [3.05, 3.63) is 77.4 Å². The van der Waals surface area contributed by atoms with E-state index in [9.17, 15) is 22.8 Å². The van der Waals surface area contributed by atoms with Crippen LogP contribution in [0.3, 0.4) is 0 Å².